The van der Waals surface area contributed by atoms with E-state index in [-0.39, 0.29) is 47.7 Å². The third-order valence-corrected chi connectivity index (χ3v) is 7.20. The molecule has 37 heavy (non-hydrogen) atoms. The molecule has 0 radical (unpaired) electrons. The van der Waals surface area contributed by atoms with Gasteiger partial charge in [0.25, 0.3) is 0 Å². The summed E-state index contributed by atoms with van der Waals surface area (Å²) < 4.78 is 0. The van der Waals surface area contributed by atoms with Crippen molar-refractivity contribution in [3.63, 3.8) is 0 Å². The molecule has 8 nitrogen and oxygen atoms in total. The molecule has 0 aromatic carbocycles. The van der Waals surface area contributed by atoms with E-state index in [1.807, 2.05) is 45.9 Å². The number of amides is 3. The number of aromatic nitrogens is 1. The van der Waals surface area contributed by atoms with Crippen LogP contribution in [0.25, 0.3) is 0 Å². The predicted molar refractivity (Wildman–Crippen MR) is 147 cm³/mol. The van der Waals surface area contributed by atoms with Gasteiger partial charge in [0.1, 0.15) is 6.04 Å². The molecule has 0 aliphatic carbocycles. The van der Waals surface area contributed by atoms with Crippen LogP contribution < -0.4 is 10.6 Å². The first-order valence-corrected chi connectivity index (χ1v) is 13.6. The lowest BCUT2D eigenvalue weighted by atomic mass is 9.95. The Labute approximate surface area is 223 Å². The van der Waals surface area contributed by atoms with Gasteiger partial charge < -0.3 is 15.5 Å². The molecule has 0 bridgehead atoms. The Morgan fingerprint density at radius 1 is 1.08 bits per heavy atom. The molecule has 1 aliphatic heterocycles. The van der Waals surface area contributed by atoms with Crippen molar-refractivity contribution in [2.75, 3.05) is 13.6 Å². The van der Waals surface area contributed by atoms with Gasteiger partial charge in [0.05, 0.1) is 12.1 Å². The second-order valence-electron chi connectivity index (χ2n) is 11.1. The van der Waals surface area contributed by atoms with E-state index in [1.54, 1.807) is 31.3 Å². The van der Waals surface area contributed by atoms with Crippen molar-refractivity contribution in [2.45, 2.75) is 98.4 Å². The average molecular weight is 514 g/mol. The van der Waals surface area contributed by atoms with Crippen LogP contribution in [0, 0.1) is 11.8 Å². The van der Waals surface area contributed by atoms with E-state index in [9.17, 15) is 14.4 Å². The highest BCUT2D eigenvalue weighted by atomic mass is 16.2. The van der Waals surface area contributed by atoms with Crippen molar-refractivity contribution in [2.24, 2.45) is 11.8 Å². The number of carbonyl (C=O) groups is 3. The molecule has 1 saturated heterocycles. The number of rotatable bonds is 11. The Kier molecular flexibility index (Phi) is 11.8. The zero-order valence-electron chi connectivity index (χ0n) is 24.0. The zero-order valence-corrected chi connectivity index (χ0v) is 24.0. The van der Waals surface area contributed by atoms with Crippen molar-refractivity contribution in [1.82, 2.24) is 25.4 Å². The van der Waals surface area contributed by atoms with Crippen LogP contribution in [0.1, 0.15) is 73.3 Å². The average Bonchev–Trinajstić information content (AvgIpc) is 2.87. The number of likely N-dealkylation sites (N-methyl/N-ethyl adjacent to an activating group) is 1. The molecule has 2 N–H and O–H groups in total. The Morgan fingerprint density at radius 2 is 1.73 bits per heavy atom. The molecule has 1 aliphatic rings. The molecule has 0 saturated carbocycles. The molecular weight excluding hydrogens is 466 g/mol. The van der Waals surface area contributed by atoms with Gasteiger partial charge in [0.2, 0.25) is 17.7 Å². The van der Waals surface area contributed by atoms with Gasteiger partial charge in [0.15, 0.2) is 0 Å². The van der Waals surface area contributed by atoms with E-state index in [0.29, 0.717) is 12.1 Å². The van der Waals surface area contributed by atoms with Crippen LogP contribution in [-0.2, 0) is 20.9 Å². The third-order valence-electron chi connectivity index (χ3n) is 7.20. The van der Waals surface area contributed by atoms with E-state index >= 15 is 0 Å². The first kappa shape index (κ1) is 30.5. The largest absolute Gasteiger partial charge is 0.348 e. The second-order valence-corrected chi connectivity index (χ2v) is 11.1. The molecule has 2 rings (SSSR count). The van der Waals surface area contributed by atoms with Gasteiger partial charge in [-0.25, -0.2) is 0 Å². The summed E-state index contributed by atoms with van der Waals surface area (Å²) in [4.78, 5) is 47.7. The van der Waals surface area contributed by atoms with Gasteiger partial charge in [-0.3, -0.25) is 24.3 Å². The number of nitrogens with one attached hydrogen (secondary N) is 2. The maximum absolute atomic E-state index is 13.7. The van der Waals surface area contributed by atoms with Crippen LogP contribution >= 0.6 is 0 Å². The Hall–Kier alpha value is -2.74. The minimum Gasteiger partial charge on any atom is -0.348 e. The van der Waals surface area contributed by atoms with Crippen LogP contribution in [0.2, 0.25) is 0 Å². The maximum atomic E-state index is 13.7. The number of hydrogen-bond donors (Lipinski definition) is 2. The van der Waals surface area contributed by atoms with Gasteiger partial charge in [-0.15, -0.1) is 0 Å². The van der Waals surface area contributed by atoms with Crippen LogP contribution in [0.3, 0.4) is 0 Å². The van der Waals surface area contributed by atoms with Crippen molar-refractivity contribution >= 4 is 17.7 Å². The molecule has 1 aromatic heterocycles. The first-order valence-electron chi connectivity index (χ1n) is 13.6. The molecule has 0 spiro atoms. The molecule has 8 heteroatoms. The summed E-state index contributed by atoms with van der Waals surface area (Å²) in [7, 11) is 1.76. The number of pyridine rings is 1. The quantitative estimate of drug-likeness (QED) is 0.442. The monoisotopic (exact) mass is 513 g/mol. The highest BCUT2D eigenvalue weighted by Crippen LogP contribution is 2.21. The molecule has 3 atom stereocenters. The SMILES string of the molecule is C/C(=C\[C@H](C(C)C)N(C)C(=O)[C@@H](NC(=O)[C@H]1CCCCN1C(C)C)C(C)C)C(=O)NCc1ccncc1. The maximum Gasteiger partial charge on any atom is 0.246 e. The Bertz CT molecular complexity index is 929. The number of nitrogens with zero attached hydrogens (tertiary/aromatic N) is 3. The molecular formula is C29H47N5O3. The lowest BCUT2D eigenvalue weighted by Gasteiger charge is -2.39. The van der Waals surface area contributed by atoms with Gasteiger partial charge in [0, 0.05) is 37.6 Å². The minimum absolute atomic E-state index is 0.0721. The Morgan fingerprint density at radius 3 is 2.30 bits per heavy atom. The van der Waals surface area contributed by atoms with Crippen molar-refractivity contribution in [3.8, 4) is 0 Å². The lowest BCUT2D eigenvalue weighted by Crippen LogP contribution is -2.58. The molecule has 3 amide bonds. The number of likely N-dealkylation sites (tertiary alicyclic amines) is 1. The molecule has 1 aromatic rings. The topological polar surface area (TPSA) is 94.6 Å². The van der Waals surface area contributed by atoms with Crippen LogP contribution in [0.4, 0.5) is 0 Å². The van der Waals surface area contributed by atoms with Gasteiger partial charge >= 0.3 is 0 Å². The smallest absolute Gasteiger partial charge is 0.246 e. The first-order chi connectivity index (χ1) is 17.4. The highest BCUT2D eigenvalue weighted by molar-refractivity contribution is 5.93. The van der Waals surface area contributed by atoms with E-state index < -0.39 is 6.04 Å². The minimum atomic E-state index is -0.635. The van der Waals surface area contributed by atoms with Crippen LogP contribution in [0.5, 0.6) is 0 Å². The summed E-state index contributed by atoms with van der Waals surface area (Å²) in [5.74, 6) is -0.387. The van der Waals surface area contributed by atoms with Crippen molar-refractivity contribution in [3.05, 3.63) is 41.7 Å². The lowest BCUT2D eigenvalue weighted by molar-refractivity contribution is -0.140. The van der Waals surface area contributed by atoms with Gasteiger partial charge in [-0.1, -0.05) is 40.2 Å². The molecule has 0 unspecified atom stereocenters. The summed E-state index contributed by atoms with van der Waals surface area (Å²) >= 11 is 0. The van der Waals surface area contributed by atoms with Gasteiger partial charge in [-0.2, -0.15) is 0 Å². The van der Waals surface area contributed by atoms with Crippen molar-refractivity contribution < 1.29 is 14.4 Å². The van der Waals surface area contributed by atoms with E-state index in [4.69, 9.17) is 0 Å². The number of piperidine rings is 1. The predicted octanol–water partition coefficient (Wildman–Crippen LogP) is 3.53. The summed E-state index contributed by atoms with van der Waals surface area (Å²) in [6, 6.07) is 2.85. The van der Waals surface area contributed by atoms with Gasteiger partial charge in [-0.05, 0) is 69.7 Å². The number of carbonyl (C=O) groups excluding carboxylic acids is 3. The van der Waals surface area contributed by atoms with Crippen LogP contribution in [0.15, 0.2) is 36.2 Å². The molecule has 1 fully saturated rings. The molecule has 206 valence electrons. The Balaban J connectivity index is 2.13. The van der Waals surface area contributed by atoms with Crippen molar-refractivity contribution in [1.29, 1.82) is 0 Å². The highest BCUT2D eigenvalue weighted by Gasteiger charge is 2.36. The third kappa shape index (κ3) is 8.66. The van der Waals surface area contributed by atoms with E-state index in [0.717, 1.165) is 31.4 Å². The fourth-order valence-electron chi connectivity index (χ4n) is 4.89. The zero-order chi connectivity index (χ0) is 27.7. The van der Waals surface area contributed by atoms with E-state index in [1.165, 1.54) is 0 Å². The van der Waals surface area contributed by atoms with E-state index in [2.05, 4.69) is 34.4 Å². The standard InChI is InChI=1S/C29H47N5O3/c1-19(2)25(17-22(7)27(35)31-18-23-12-14-30-15-13-23)33(8)29(37)26(20(3)4)32-28(36)24-11-9-10-16-34(24)21(5)6/h12-15,17,19-21,24-26H,9-11,16,18H2,1-8H3,(H,31,35)(H,32,36)/b22-17+/t24-,25-,26+/m1/s1. The normalized spacial score (nSPS) is 18.6. The molecule has 2 heterocycles. The summed E-state index contributed by atoms with van der Waals surface area (Å²) in [6.07, 6.45) is 8.16. The van der Waals surface area contributed by atoms with Crippen LogP contribution in [-0.4, -0.2) is 70.3 Å². The second kappa shape index (κ2) is 14.3. The fraction of sp³-hybridized carbons (Fsp3) is 0.655. The number of hydrogen-bond acceptors (Lipinski definition) is 5. The summed E-state index contributed by atoms with van der Waals surface area (Å²) in [6.45, 7) is 15.3. The fourth-order valence-corrected chi connectivity index (χ4v) is 4.89. The summed E-state index contributed by atoms with van der Waals surface area (Å²) in [5.41, 5.74) is 1.51. The summed E-state index contributed by atoms with van der Waals surface area (Å²) in [5, 5.41) is 6.01.